The van der Waals surface area contributed by atoms with Crippen molar-refractivity contribution in [3.63, 3.8) is 0 Å². The number of hydrogen-bond acceptors (Lipinski definition) is 3. The highest BCUT2D eigenvalue weighted by Crippen LogP contribution is 2.25. The van der Waals surface area contributed by atoms with E-state index >= 15 is 0 Å². The highest BCUT2D eigenvalue weighted by Gasteiger charge is 2.17. The van der Waals surface area contributed by atoms with Gasteiger partial charge < -0.3 is 4.74 Å². The fourth-order valence-electron chi connectivity index (χ4n) is 1.26. The highest BCUT2D eigenvalue weighted by molar-refractivity contribution is 9.09. The van der Waals surface area contributed by atoms with E-state index in [2.05, 4.69) is 20.7 Å². The van der Waals surface area contributed by atoms with Crippen LogP contribution in [0.25, 0.3) is 0 Å². The lowest BCUT2D eigenvalue weighted by Crippen LogP contribution is -2.13. The number of hydrogen-bond donors (Lipinski definition) is 0. The topological polar surface area (TPSA) is 43.4 Å². The van der Waals surface area contributed by atoms with Gasteiger partial charge in [-0.05, 0) is 18.6 Å². The molecule has 86 valence electrons. The summed E-state index contributed by atoms with van der Waals surface area (Å²) in [4.78, 5) is 22.7. The Balaban J connectivity index is 2.95. The van der Waals surface area contributed by atoms with Gasteiger partial charge in [0.15, 0.2) is 0 Å². The van der Waals surface area contributed by atoms with Crippen LogP contribution in [0.3, 0.4) is 0 Å². The second-order valence-electron chi connectivity index (χ2n) is 3.32. The molecule has 0 aliphatic rings. The summed E-state index contributed by atoms with van der Waals surface area (Å²) < 4.78 is 4.68. The van der Waals surface area contributed by atoms with E-state index in [4.69, 9.17) is 0 Å². The first kappa shape index (κ1) is 12.9. The molecule has 0 heterocycles. The Morgan fingerprint density at radius 3 is 2.56 bits per heavy atom. The third-order valence-corrected chi connectivity index (χ3v) is 2.60. The number of alkyl halides is 1. The van der Waals surface area contributed by atoms with Gasteiger partial charge in [0, 0.05) is 11.2 Å². The summed E-state index contributed by atoms with van der Waals surface area (Å²) in [5, 5.41) is 0. The van der Waals surface area contributed by atoms with Crippen LogP contribution >= 0.6 is 15.9 Å². The summed E-state index contributed by atoms with van der Waals surface area (Å²) in [6.07, 6.45) is 0.192. The molecular formula is C12H13BrO3. The van der Waals surface area contributed by atoms with Crippen molar-refractivity contribution in [1.82, 2.24) is 0 Å². The minimum absolute atomic E-state index is 0.0352. The maximum absolute atomic E-state index is 11.7. The molecule has 0 saturated heterocycles. The summed E-state index contributed by atoms with van der Waals surface area (Å²) in [5.74, 6) is -1.10. The molecule has 3 nitrogen and oxygen atoms in total. The fraction of sp³-hybridized carbons (Fsp3) is 0.333. The molecule has 0 bridgehead atoms. The van der Waals surface area contributed by atoms with Crippen molar-refractivity contribution in [3.05, 3.63) is 35.4 Å². The predicted octanol–water partition coefficient (Wildman–Crippen LogP) is 3.24. The van der Waals surface area contributed by atoms with Gasteiger partial charge in [0.25, 0.3) is 0 Å². The van der Waals surface area contributed by atoms with Crippen molar-refractivity contribution in [2.24, 2.45) is 0 Å². The average molecular weight is 285 g/mol. The van der Waals surface area contributed by atoms with Gasteiger partial charge >= 0.3 is 11.9 Å². The number of benzene rings is 1. The molecule has 0 aliphatic heterocycles. The van der Waals surface area contributed by atoms with E-state index in [-0.39, 0.29) is 11.2 Å². The maximum Gasteiger partial charge on any atom is 0.346 e. The summed E-state index contributed by atoms with van der Waals surface area (Å²) in [6, 6.07) is 7.06. The number of ether oxygens (including phenoxy) is 1. The van der Waals surface area contributed by atoms with Crippen LogP contribution < -0.4 is 0 Å². The van der Waals surface area contributed by atoms with Crippen molar-refractivity contribution in [2.45, 2.75) is 25.1 Å². The number of halogens is 1. The molecule has 0 saturated carbocycles. The van der Waals surface area contributed by atoms with Gasteiger partial charge in [-0.2, -0.15) is 0 Å². The molecule has 0 N–H and O–H groups in total. The predicted molar refractivity (Wildman–Crippen MR) is 64.5 cm³/mol. The second-order valence-corrected chi connectivity index (χ2v) is 4.69. The molecule has 0 aliphatic carbocycles. The molecule has 0 amide bonds. The summed E-state index contributed by atoms with van der Waals surface area (Å²) in [7, 11) is 0. The van der Waals surface area contributed by atoms with E-state index in [9.17, 15) is 9.59 Å². The molecule has 1 atom stereocenters. The molecule has 1 aromatic carbocycles. The third-order valence-electron chi connectivity index (χ3n) is 2.10. The quantitative estimate of drug-likeness (QED) is 0.486. The van der Waals surface area contributed by atoms with Gasteiger partial charge in [-0.1, -0.05) is 41.1 Å². The van der Waals surface area contributed by atoms with E-state index in [1.165, 1.54) is 0 Å². The van der Waals surface area contributed by atoms with Crippen molar-refractivity contribution in [3.8, 4) is 0 Å². The summed E-state index contributed by atoms with van der Waals surface area (Å²) in [6.45, 7) is 3.56. The normalized spacial score (nSPS) is 11.9. The monoisotopic (exact) mass is 284 g/mol. The molecule has 0 aromatic heterocycles. The SMILES string of the molecule is CCC(=O)OC(=O)c1ccccc1C(C)Br. The summed E-state index contributed by atoms with van der Waals surface area (Å²) in [5.41, 5.74) is 1.24. The lowest BCUT2D eigenvalue weighted by molar-refractivity contribution is -0.137. The van der Waals surface area contributed by atoms with E-state index < -0.39 is 11.9 Å². The zero-order valence-corrected chi connectivity index (χ0v) is 10.8. The van der Waals surface area contributed by atoms with Gasteiger partial charge in [0.05, 0.1) is 5.56 Å². The van der Waals surface area contributed by atoms with Crippen molar-refractivity contribution in [1.29, 1.82) is 0 Å². The average Bonchev–Trinajstić information content (AvgIpc) is 2.28. The van der Waals surface area contributed by atoms with Crippen LogP contribution in [-0.2, 0) is 9.53 Å². The Morgan fingerprint density at radius 2 is 2.00 bits per heavy atom. The maximum atomic E-state index is 11.7. The van der Waals surface area contributed by atoms with Crippen LogP contribution in [-0.4, -0.2) is 11.9 Å². The van der Waals surface area contributed by atoms with Gasteiger partial charge in [0.1, 0.15) is 0 Å². The molecule has 16 heavy (non-hydrogen) atoms. The lowest BCUT2D eigenvalue weighted by Gasteiger charge is -2.09. The molecule has 0 fully saturated rings. The molecule has 4 heteroatoms. The number of carbonyl (C=O) groups is 2. The lowest BCUT2D eigenvalue weighted by atomic mass is 10.1. The zero-order valence-electron chi connectivity index (χ0n) is 9.20. The molecule has 0 spiro atoms. The van der Waals surface area contributed by atoms with Crippen LogP contribution in [0.5, 0.6) is 0 Å². The van der Waals surface area contributed by atoms with Crippen molar-refractivity contribution >= 4 is 27.9 Å². The molecule has 1 unspecified atom stereocenters. The Labute approximate surface area is 103 Å². The van der Waals surface area contributed by atoms with Crippen LogP contribution in [0, 0.1) is 0 Å². The Bertz CT molecular complexity index is 399. The van der Waals surface area contributed by atoms with Crippen LogP contribution in [0.4, 0.5) is 0 Å². The minimum atomic E-state index is -0.589. The molecule has 1 aromatic rings. The third kappa shape index (κ3) is 3.17. The number of rotatable bonds is 3. The number of carbonyl (C=O) groups excluding carboxylic acids is 2. The van der Waals surface area contributed by atoms with E-state index in [0.29, 0.717) is 5.56 Å². The number of esters is 2. The first-order chi connectivity index (χ1) is 7.56. The van der Waals surface area contributed by atoms with Crippen LogP contribution in [0.2, 0.25) is 0 Å². The smallest absolute Gasteiger partial charge is 0.346 e. The van der Waals surface area contributed by atoms with Crippen molar-refractivity contribution in [2.75, 3.05) is 0 Å². The first-order valence-electron chi connectivity index (χ1n) is 5.04. The zero-order chi connectivity index (χ0) is 12.1. The van der Waals surface area contributed by atoms with Gasteiger partial charge in [-0.15, -0.1) is 0 Å². The van der Waals surface area contributed by atoms with E-state index in [1.54, 1.807) is 19.1 Å². The molecular weight excluding hydrogens is 272 g/mol. The Morgan fingerprint density at radius 1 is 1.38 bits per heavy atom. The first-order valence-corrected chi connectivity index (χ1v) is 5.95. The Hall–Kier alpha value is -1.16. The standard InChI is InChI=1S/C12H13BrO3/c1-3-11(14)16-12(15)10-7-5-4-6-9(10)8(2)13/h4-8H,3H2,1-2H3. The van der Waals surface area contributed by atoms with Gasteiger partial charge in [0.2, 0.25) is 0 Å². The van der Waals surface area contributed by atoms with Crippen LogP contribution in [0.15, 0.2) is 24.3 Å². The van der Waals surface area contributed by atoms with Gasteiger partial charge in [-0.25, -0.2) is 4.79 Å². The Kier molecular flexibility index (Phi) is 4.68. The largest absolute Gasteiger partial charge is 0.389 e. The minimum Gasteiger partial charge on any atom is -0.389 e. The van der Waals surface area contributed by atoms with E-state index in [1.807, 2.05) is 19.1 Å². The highest BCUT2D eigenvalue weighted by atomic mass is 79.9. The van der Waals surface area contributed by atoms with Crippen molar-refractivity contribution < 1.29 is 14.3 Å². The molecule has 1 rings (SSSR count). The molecule has 0 radical (unpaired) electrons. The van der Waals surface area contributed by atoms with Gasteiger partial charge in [-0.3, -0.25) is 4.79 Å². The van der Waals surface area contributed by atoms with Crippen LogP contribution in [0.1, 0.15) is 41.0 Å². The van der Waals surface area contributed by atoms with E-state index in [0.717, 1.165) is 5.56 Å². The fourth-order valence-corrected chi connectivity index (χ4v) is 1.66. The summed E-state index contributed by atoms with van der Waals surface area (Å²) >= 11 is 3.39. The second kappa shape index (κ2) is 5.80.